The summed E-state index contributed by atoms with van der Waals surface area (Å²) in [4.78, 5) is 3.52. The number of nitrogens with zero attached hydrogens (tertiary/aromatic N) is 1. The lowest BCUT2D eigenvalue weighted by molar-refractivity contribution is -0.917. The summed E-state index contributed by atoms with van der Waals surface area (Å²) in [5.41, 5.74) is 0.345. The van der Waals surface area contributed by atoms with E-state index in [1.54, 1.807) is 12.1 Å². The fraction of sp³-hybridized carbons (Fsp3) is 0.533. The summed E-state index contributed by atoms with van der Waals surface area (Å²) in [7, 11) is 0. The number of quaternary nitrogens is 1. The first-order chi connectivity index (χ1) is 10.4. The van der Waals surface area contributed by atoms with Crippen molar-refractivity contribution < 1.29 is 18.1 Å². The van der Waals surface area contributed by atoms with Gasteiger partial charge in [0.15, 0.2) is 5.11 Å². The van der Waals surface area contributed by atoms with Crippen LogP contribution in [0.15, 0.2) is 24.3 Å². The van der Waals surface area contributed by atoms with Crippen LogP contribution in [0.5, 0.6) is 0 Å². The van der Waals surface area contributed by atoms with Crippen LogP contribution in [0.4, 0.5) is 13.2 Å². The van der Waals surface area contributed by atoms with Crippen LogP contribution in [0.25, 0.3) is 0 Å². The first-order valence-electron chi connectivity index (χ1n) is 7.42. The molecule has 0 spiro atoms. The normalized spacial score (nSPS) is 16.6. The van der Waals surface area contributed by atoms with E-state index in [-0.39, 0.29) is 0 Å². The maximum atomic E-state index is 12.5. The smallest absolute Gasteiger partial charge is 0.363 e. The van der Waals surface area contributed by atoms with Crippen LogP contribution in [0.3, 0.4) is 0 Å². The first-order valence-corrected chi connectivity index (χ1v) is 7.83. The molecule has 7 heteroatoms. The van der Waals surface area contributed by atoms with Crippen molar-refractivity contribution in [3.8, 4) is 0 Å². The number of hydrogen-bond donors (Lipinski definition) is 2. The molecule has 0 atom stereocenters. The number of thiocarbonyl (C=S) groups is 1. The van der Waals surface area contributed by atoms with Crippen molar-refractivity contribution in [1.29, 1.82) is 0 Å². The number of rotatable bonds is 3. The van der Waals surface area contributed by atoms with Gasteiger partial charge in [-0.3, -0.25) is 0 Å². The summed E-state index contributed by atoms with van der Waals surface area (Å²) in [5.74, 6) is 0. The van der Waals surface area contributed by atoms with E-state index in [0.717, 1.165) is 62.1 Å². The zero-order valence-electron chi connectivity index (χ0n) is 12.5. The van der Waals surface area contributed by atoms with Crippen LogP contribution >= 0.6 is 12.2 Å². The van der Waals surface area contributed by atoms with Crippen molar-refractivity contribution in [3.63, 3.8) is 0 Å². The third-order valence-electron chi connectivity index (χ3n) is 3.82. The highest BCUT2D eigenvalue weighted by Gasteiger charge is 2.30. The fourth-order valence-corrected chi connectivity index (χ4v) is 2.89. The molecule has 1 fully saturated rings. The largest absolute Gasteiger partial charge is 0.416 e. The van der Waals surface area contributed by atoms with Gasteiger partial charge in [-0.2, -0.15) is 13.2 Å². The Morgan fingerprint density at radius 3 is 2.32 bits per heavy atom. The maximum Gasteiger partial charge on any atom is 0.416 e. The molecule has 1 aliphatic rings. The van der Waals surface area contributed by atoms with E-state index in [0.29, 0.717) is 0 Å². The van der Waals surface area contributed by atoms with Crippen molar-refractivity contribution in [2.24, 2.45) is 0 Å². The Hall–Kier alpha value is -1.34. The molecule has 1 aromatic carbocycles. The molecule has 0 amide bonds. The third kappa shape index (κ3) is 4.58. The standard InChI is InChI=1S/C15H20F3N3S/c1-2-19-14(22)21-9-7-20(8-10-21)11-12-3-5-13(6-4-12)15(16,17)18/h3-6H,2,7-11H2,1H3,(H,19,22)/p+1. The molecule has 1 aromatic rings. The van der Waals surface area contributed by atoms with Crippen molar-refractivity contribution in [2.45, 2.75) is 19.6 Å². The third-order valence-corrected chi connectivity index (χ3v) is 4.22. The van der Waals surface area contributed by atoms with E-state index in [4.69, 9.17) is 12.2 Å². The lowest BCUT2D eigenvalue weighted by Gasteiger charge is -2.33. The summed E-state index contributed by atoms with van der Waals surface area (Å²) >= 11 is 5.29. The van der Waals surface area contributed by atoms with Crippen LogP contribution in [0.2, 0.25) is 0 Å². The Labute approximate surface area is 134 Å². The second kappa shape index (κ2) is 7.28. The Morgan fingerprint density at radius 1 is 1.23 bits per heavy atom. The highest BCUT2D eigenvalue weighted by Crippen LogP contribution is 2.28. The molecule has 0 aromatic heterocycles. The van der Waals surface area contributed by atoms with Gasteiger partial charge in [0, 0.05) is 12.1 Å². The van der Waals surface area contributed by atoms with Crippen LogP contribution in [0.1, 0.15) is 18.1 Å². The van der Waals surface area contributed by atoms with Gasteiger partial charge >= 0.3 is 6.18 Å². The Kier molecular flexibility index (Phi) is 5.63. The zero-order chi connectivity index (χ0) is 16.2. The minimum Gasteiger partial charge on any atom is -0.363 e. The van der Waals surface area contributed by atoms with Gasteiger partial charge in [0.2, 0.25) is 0 Å². The molecule has 1 heterocycles. The predicted molar refractivity (Wildman–Crippen MR) is 83.7 cm³/mol. The SMILES string of the molecule is CCNC(=S)N1CC[NH+](Cc2ccc(C(F)(F)F)cc2)CC1. The molecular formula is C15H21F3N3S+. The zero-order valence-corrected chi connectivity index (χ0v) is 13.4. The monoisotopic (exact) mass is 332 g/mol. The second-order valence-corrected chi connectivity index (χ2v) is 5.83. The number of nitrogens with one attached hydrogen (secondary N) is 2. The summed E-state index contributed by atoms with van der Waals surface area (Å²) in [6, 6.07) is 5.47. The van der Waals surface area contributed by atoms with E-state index in [1.807, 2.05) is 6.92 Å². The Morgan fingerprint density at radius 2 is 1.82 bits per heavy atom. The van der Waals surface area contributed by atoms with Gasteiger partial charge in [0.1, 0.15) is 6.54 Å². The molecule has 3 nitrogen and oxygen atoms in total. The van der Waals surface area contributed by atoms with Gasteiger partial charge in [0.25, 0.3) is 0 Å². The molecule has 0 radical (unpaired) electrons. The molecule has 0 aliphatic carbocycles. The van der Waals surface area contributed by atoms with Gasteiger partial charge < -0.3 is 15.1 Å². The van der Waals surface area contributed by atoms with Crippen LogP contribution in [-0.4, -0.2) is 42.7 Å². The molecule has 1 saturated heterocycles. The molecule has 1 aliphatic heterocycles. The molecule has 2 rings (SSSR count). The van der Waals surface area contributed by atoms with Crippen LogP contribution in [-0.2, 0) is 12.7 Å². The fourth-order valence-electron chi connectivity index (χ4n) is 2.57. The minimum atomic E-state index is -4.26. The average Bonchev–Trinajstić information content (AvgIpc) is 2.48. The predicted octanol–water partition coefficient (Wildman–Crippen LogP) is 1.30. The van der Waals surface area contributed by atoms with Gasteiger partial charge in [-0.1, -0.05) is 12.1 Å². The van der Waals surface area contributed by atoms with Crippen molar-refractivity contribution in [1.82, 2.24) is 10.2 Å². The number of piperazine rings is 1. The lowest BCUT2D eigenvalue weighted by atomic mass is 10.1. The molecule has 0 saturated carbocycles. The average molecular weight is 332 g/mol. The second-order valence-electron chi connectivity index (χ2n) is 5.44. The first kappa shape index (κ1) is 17.0. The quantitative estimate of drug-likeness (QED) is 0.814. The van der Waals surface area contributed by atoms with Gasteiger partial charge in [-0.25, -0.2) is 0 Å². The van der Waals surface area contributed by atoms with Gasteiger partial charge in [-0.15, -0.1) is 0 Å². The van der Waals surface area contributed by atoms with Crippen molar-refractivity contribution >= 4 is 17.3 Å². The minimum absolute atomic E-state index is 0.591. The molecular weight excluding hydrogens is 311 g/mol. The highest BCUT2D eigenvalue weighted by molar-refractivity contribution is 7.80. The van der Waals surface area contributed by atoms with E-state index in [1.165, 1.54) is 4.90 Å². The van der Waals surface area contributed by atoms with E-state index in [9.17, 15) is 13.2 Å². The molecule has 122 valence electrons. The molecule has 0 bridgehead atoms. The van der Waals surface area contributed by atoms with E-state index < -0.39 is 11.7 Å². The summed E-state index contributed by atoms with van der Waals surface area (Å²) in [5, 5.41) is 3.93. The number of alkyl halides is 3. The highest BCUT2D eigenvalue weighted by atomic mass is 32.1. The summed E-state index contributed by atoms with van der Waals surface area (Å²) in [6.45, 7) is 7.21. The Bertz CT molecular complexity index is 494. The topological polar surface area (TPSA) is 19.7 Å². The van der Waals surface area contributed by atoms with Crippen LogP contribution < -0.4 is 10.2 Å². The Balaban J connectivity index is 1.84. The summed E-state index contributed by atoms with van der Waals surface area (Å²) < 4.78 is 37.6. The van der Waals surface area contributed by atoms with Gasteiger partial charge in [-0.05, 0) is 31.3 Å². The molecule has 2 N–H and O–H groups in total. The molecule has 0 unspecified atom stereocenters. The van der Waals surface area contributed by atoms with E-state index in [2.05, 4.69) is 10.2 Å². The van der Waals surface area contributed by atoms with Crippen molar-refractivity contribution in [2.75, 3.05) is 32.7 Å². The number of benzene rings is 1. The van der Waals surface area contributed by atoms with Gasteiger partial charge in [0.05, 0.1) is 31.7 Å². The maximum absolute atomic E-state index is 12.5. The van der Waals surface area contributed by atoms with E-state index >= 15 is 0 Å². The van der Waals surface area contributed by atoms with Crippen molar-refractivity contribution in [3.05, 3.63) is 35.4 Å². The lowest BCUT2D eigenvalue weighted by Crippen LogP contribution is -3.13. The van der Waals surface area contributed by atoms with Crippen LogP contribution in [0, 0.1) is 0 Å². The molecule has 22 heavy (non-hydrogen) atoms. The summed E-state index contributed by atoms with van der Waals surface area (Å²) in [6.07, 6.45) is -4.26. The number of halogens is 3. The number of hydrogen-bond acceptors (Lipinski definition) is 1.